The number of nitrogens with two attached hydrogens (primary N) is 1. The van der Waals surface area contributed by atoms with Gasteiger partial charge in [0.25, 0.3) is 0 Å². The molecule has 1 aromatic rings. The fourth-order valence-electron chi connectivity index (χ4n) is 2.98. The number of hydrogen-bond acceptors (Lipinski definition) is 3. The van der Waals surface area contributed by atoms with Crippen molar-refractivity contribution in [2.45, 2.75) is 31.2 Å². The molecule has 21 heavy (non-hydrogen) atoms. The van der Waals surface area contributed by atoms with Gasteiger partial charge in [0.05, 0.1) is 5.92 Å². The summed E-state index contributed by atoms with van der Waals surface area (Å²) in [5.74, 6) is 0.151. The first kappa shape index (κ1) is 14.5. The van der Waals surface area contributed by atoms with Crippen molar-refractivity contribution >= 4 is 5.91 Å². The minimum absolute atomic E-state index is 0.0873. The zero-order valence-electron chi connectivity index (χ0n) is 13.0. The molecular formula is C17H25N3O. The summed E-state index contributed by atoms with van der Waals surface area (Å²) in [6, 6.07) is 8.30. The first-order valence-electron chi connectivity index (χ1n) is 7.86. The fraction of sp³-hybridized carbons (Fsp3) is 0.588. The summed E-state index contributed by atoms with van der Waals surface area (Å²) in [5.41, 5.74) is 8.41. The highest BCUT2D eigenvalue weighted by atomic mass is 16.2. The van der Waals surface area contributed by atoms with Crippen LogP contribution in [0.15, 0.2) is 24.3 Å². The maximum atomic E-state index is 12.7. The molecule has 114 valence electrons. The fourth-order valence-corrected chi connectivity index (χ4v) is 2.98. The van der Waals surface area contributed by atoms with Crippen LogP contribution in [0.4, 0.5) is 0 Å². The Labute approximate surface area is 126 Å². The topological polar surface area (TPSA) is 49.6 Å². The van der Waals surface area contributed by atoms with Crippen molar-refractivity contribution in [1.82, 2.24) is 9.80 Å². The molecule has 2 aliphatic rings. The lowest BCUT2D eigenvalue weighted by Gasteiger charge is -2.34. The molecule has 1 saturated heterocycles. The average molecular weight is 287 g/mol. The molecule has 1 aromatic carbocycles. The van der Waals surface area contributed by atoms with Gasteiger partial charge in [0, 0.05) is 31.7 Å². The molecule has 0 spiro atoms. The molecule has 4 heteroatoms. The van der Waals surface area contributed by atoms with Crippen LogP contribution in [0.1, 0.15) is 36.8 Å². The highest BCUT2D eigenvalue weighted by Crippen LogP contribution is 2.43. The Bertz CT molecular complexity index is 531. The second-order valence-electron chi connectivity index (χ2n) is 6.63. The number of likely N-dealkylation sites (N-methyl/N-ethyl adjacent to an activating group) is 1. The summed E-state index contributed by atoms with van der Waals surface area (Å²) in [4.78, 5) is 16.9. The molecule has 4 nitrogen and oxygen atoms in total. The van der Waals surface area contributed by atoms with Crippen molar-refractivity contribution < 1.29 is 4.79 Å². The van der Waals surface area contributed by atoms with Gasteiger partial charge in [-0.1, -0.05) is 24.3 Å². The third kappa shape index (κ3) is 2.97. The zero-order chi connectivity index (χ0) is 15.0. The van der Waals surface area contributed by atoms with E-state index in [1.165, 1.54) is 5.56 Å². The zero-order valence-corrected chi connectivity index (χ0v) is 13.0. The maximum Gasteiger partial charge on any atom is 0.229 e. The van der Waals surface area contributed by atoms with Gasteiger partial charge in [-0.2, -0.15) is 0 Å². The molecule has 2 N–H and O–H groups in total. The third-order valence-electron chi connectivity index (χ3n) is 4.94. The van der Waals surface area contributed by atoms with Gasteiger partial charge in [0.15, 0.2) is 0 Å². The number of rotatable bonds is 3. The molecule has 1 aliphatic carbocycles. The maximum absolute atomic E-state index is 12.7. The van der Waals surface area contributed by atoms with Crippen LogP contribution in [0.25, 0.3) is 0 Å². The van der Waals surface area contributed by atoms with Gasteiger partial charge in [-0.25, -0.2) is 0 Å². The Morgan fingerprint density at radius 1 is 1.24 bits per heavy atom. The average Bonchev–Trinajstić information content (AvgIpc) is 3.26. The van der Waals surface area contributed by atoms with Gasteiger partial charge in [0.1, 0.15) is 0 Å². The van der Waals surface area contributed by atoms with Crippen LogP contribution in [0.2, 0.25) is 0 Å². The number of benzene rings is 1. The molecule has 0 radical (unpaired) electrons. The Morgan fingerprint density at radius 2 is 1.90 bits per heavy atom. The summed E-state index contributed by atoms with van der Waals surface area (Å²) in [5, 5.41) is 0. The van der Waals surface area contributed by atoms with E-state index < -0.39 is 0 Å². The number of piperazine rings is 1. The Balaban J connectivity index is 1.72. The van der Waals surface area contributed by atoms with Crippen molar-refractivity contribution in [2.75, 3.05) is 33.2 Å². The standard InChI is InChI=1S/C17H25N3O/c1-13(16(21)20-10-8-19(2)9-11-20)14-4-3-5-15(12-14)17(18)6-7-17/h3-5,12-13H,6-11,18H2,1-2H3. The number of carbonyl (C=O) groups is 1. The van der Waals surface area contributed by atoms with Gasteiger partial charge in [0.2, 0.25) is 5.91 Å². The van der Waals surface area contributed by atoms with E-state index in [4.69, 9.17) is 5.73 Å². The van der Waals surface area contributed by atoms with Crippen LogP contribution in [0.3, 0.4) is 0 Å². The molecule has 1 amide bonds. The molecule has 2 fully saturated rings. The third-order valence-corrected chi connectivity index (χ3v) is 4.94. The van der Waals surface area contributed by atoms with Gasteiger partial charge in [-0.15, -0.1) is 0 Å². The minimum atomic E-state index is -0.132. The predicted molar refractivity (Wildman–Crippen MR) is 84.0 cm³/mol. The van der Waals surface area contributed by atoms with Crippen LogP contribution in [0.5, 0.6) is 0 Å². The SMILES string of the molecule is CC(C(=O)N1CCN(C)CC1)c1cccc(C2(N)CC2)c1. The molecule has 1 atom stereocenters. The first-order valence-corrected chi connectivity index (χ1v) is 7.86. The molecule has 1 aliphatic heterocycles. The van der Waals surface area contributed by atoms with Crippen LogP contribution < -0.4 is 5.73 Å². The highest BCUT2D eigenvalue weighted by molar-refractivity contribution is 5.83. The molecule has 1 saturated carbocycles. The van der Waals surface area contributed by atoms with Crippen LogP contribution in [-0.4, -0.2) is 48.9 Å². The van der Waals surface area contributed by atoms with E-state index in [0.29, 0.717) is 0 Å². The van der Waals surface area contributed by atoms with E-state index in [2.05, 4.69) is 24.1 Å². The van der Waals surface area contributed by atoms with Crippen molar-refractivity contribution in [1.29, 1.82) is 0 Å². The monoisotopic (exact) mass is 287 g/mol. The summed E-state index contributed by atoms with van der Waals surface area (Å²) < 4.78 is 0. The quantitative estimate of drug-likeness (QED) is 0.917. The molecule has 1 unspecified atom stereocenters. The number of carbonyl (C=O) groups excluding carboxylic acids is 1. The van der Waals surface area contributed by atoms with Crippen LogP contribution in [0, 0.1) is 0 Å². The lowest BCUT2D eigenvalue weighted by molar-refractivity contribution is -0.134. The molecule has 0 aromatic heterocycles. The normalized spacial score (nSPS) is 22.9. The van der Waals surface area contributed by atoms with E-state index in [1.54, 1.807) is 0 Å². The van der Waals surface area contributed by atoms with Gasteiger partial charge >= 0.3 is 0 Å². The molecule has 0 bridgehead atoms. The summed E-state index contributed by atoms with van der Waals surface area (Å²) in [7, 11) is 2.10. The van der Waals surface area contributed by atoms with E-state index >= 15 is 0 Å². The van der Waals surface area contributed by atoms with Gasteiger partial charge in [-0.05, 0) is 37.9 Å². The molecular weight excluding hydrogens is 262 g/mol. The van der Waals surface area contributed by atoms with E-state index in [1.807, 2.05) is 24.0 Å². The largest absolute Gasteiger partial charge is 0.340 e. The number of amides is 1. The van der Waals surface area contributed by atoms with Crippen molar-refractivity contribution in [3.8, 4) is 0 Å². The lowest BCUT2D eigenvalue weighted by atomic mass is 9.94. The molecule has 1 heterocycles. The Hall–Kier alpha value is -1.39. The first-order chi connectivity index (χ1) is 9.99. The van der Waals surface area contributed by atoms with Gasteiger partial charge in [-0.3, -0.25) is 4.79 Å². The number of hydrogen-bond donors (Lipinski definition) is 1. The van der Waals surface area contributed by atoms with Crippen LogP contribution >= 0.6 is 0 Å². The van der Waals surface area contributed by atoms with Crippen molar-refractivity contribution in [2.24, 2.45) is 5.73 Å². The van der Waals surface area contributed by atoms with E-state index in [-0.39, 0.29) is 17.4 Å². The lowest BCUT2D eigenvalue weighted by Crippen LogP contribution is -2.48. The minimum Gasteiger partial charge on any atom is -0.340 e. The summed E-state index contributed by atoms with van der Waals surface area (Å²) in [6.07, 6.45) is 2.11. The summed E-state index contributed by atoms with van der Waals surface area (Å²) >= 11 is 0. The van der Waals surface area contributed by atoms with Crippen LogP contribution in [-0.2, 0) is 10.3 Å². The highest BCUT2D eigenvalue weighted by Gasteiger charge is 2.40. The van der Waals surface area contributed by atoms with Crippen molar-refractivity contribution in [3.05, 3.63) is 35.4 Å². The van der Waals surface area contributed by atoms with E-state index in [0.717, 1.165) is 44.6 Å². The molecule has 3 rings (SSSR count). The number of nitrogens with zero attached hydrogens (tertiary/aromatic N) is 2. The van der Waals surface area contributed by atoms with E-state index in [9.17, 15) is 4.79 Å². The Kier molecular flexibility index (Phi) is 3.76. The Morgan fingerprint density at radius 3 is 2.52 bits per heavy atom. The smallest absolute Gasteiger partial charge is 0.229 e. The second kappa shape index (κ2) is 5.43. The second-order valence-corrected chi connectivity index (χ2v) is 6.63. The van der Waals surface area contributed by atoms with Crippen molar-refractivity contribution in [3.63, 3.8) is 0 Å². The summed E-state index contributed by atoms with van der Waals surface area (Å²) in [6.45, 7) is 5.60. The van der Waals surface area contributed by atoms with Gasteiger partial charge < -0.3 is 15.5 Å². The predicted octanol–water partition coefficient (Wildman–Crippen LogP) is 1.51.